The molecule has 0 atom stereocenters. The van der Waals surface area contributed by atoms with E-state index in [2.05, 4.69) is 27.5 Å². The highest BCUT2D eigenvalue weighted by atomic mass is 127. The molecule has 2 aliphatic rings. The number of hydrogen-bond donors (Lipinski definition) is 0. The van der Waals surface area contributed by atoms with E-state index in [1.54, 1.807) is 0 Å². The number of nitrogens with zero attached hydrogens (tertiary/aromatic N) is 2. The molecule has 0 aromatic heterocycles. The SMILES string of the molecule is O=C(c1ccccc1I)N1CCCN(CC2CC2)CC1. The van der Waals surface area contributed by atoms with Gasteiger partial charge < -0.3 is 9.80 Å². The van der Waals surface area contributed by atoms with Gasteiger partial charge in [-0.3, -0.25) is 4.79 Å². The predicted octanol–water partition coefficient (Wildman–Crippen LogP) is 2.85. The van der Waals surface area contributed by atoms with Gasteiger partial charge in [-0.05, 0) is 66.4 Å². The van der Waals surface area contributed by atoms with Crippen LogP contribution in [0, 0.1) is 9.49 Å². The van der Waals surface area contributed by atoms with E-state index >= 15 is 0 Å². The van der Waals surface area contributed by atoms with Gasteiger partial charge in [0.2, 0.25) is 0 Å². The molecule has 20 heavy (non-hydrogen) atoms. The van der Waals surface area contributed by atoms with Gasteiger partial charge >= 0.3 is 0 Å². The standard InChI is InChI=1S/C16H21IN2O/c17-15-5-2-1-4-14(15)16(20)19-9-3-8-18(10-11-19)12-13-6-7-13/h1-2,4-5,13H,3,6-12H2. The highest BCUT2D eigenvalue weighted by Crippen LogP contribution is 2.30. The molecule has 108 valence electrons. The summed E-state index contributed by atoms with van der Waals surface area (Å²) in [4.78, 5) is 17.2. The average Bonchev–Trinajstić information content (AvgIpc) is 3.27. The summed E-state index contributed by atoms with van der Waals surface area (Å²) in [7, 11) is 0. The first-order valence-corrected chi connectivity index (χ1v) is 8.58. The fraction of sp³-hybridized carbons (Fsp3) is 0.562. The normalized spacial score (nSPS) is 20.8. The number of rotatable bonds is 3. The zero-order chi connectivity index (χ0) is 13.9. The molecular formula is C16H21IN2O. The van der Waals surface area contributed by atoms with Gasteiger partial charge in [-0.1, -0.05) is 12.1 Å². The van der Waals surface area contributed by atoms with E-state index in [4.69, 9.17) is 0 Å². The van der Waals surface area contributed by atoms with Crippen molar-refractivity contribution >= 4 is 28.5 Å². The van der Waals surface area contributed by atoms with Crippen LogP contribution in [0.5, 0.6) is 0 Å². The quantitative estimate of drug-likeness (QED) is 0.749. The van der Waals surface area contributed by atoms with Crippen LogP contribution in [0.2, 0.25) is 0 Å². The summed E-state index contributed by atoms with van der Waals surface area (Å²) in [6, 6.07) is 7.88. The minimum Gasteiger partial charge on any atom is -0.337 e. The summed E-state index contributed by atoms with van der Waals surface area (Å²) in [6.07, 6.45) is 3.91. The molecule has 0 spiro atoms. The van der Waals surface area contributed by atoms with Crippen LogP contribution < -0.4 is 0 Å². The second-order valence-corrected chi connectivity index (χ2v) is 7.03. The first-order chi connectivity index (χ1) is 9.74. The lowest BCUT2D eigenvalue weighted by molar-refractivity contribution is 0.0760. The van der Waals surface area contributed by atoms with Crippen LogP contribution in [-0.2, 0) is 0 Å². The van der Waals surface area contributed by atoms with E-state index in [0.717, 1.165) is 47.7 Å². The number of amides is 1. The number of halogens is 1. The van der Waals surface area contributed by atoms with Crippen LogP contribution in [0.25, 0.3) is 0 Å². The first-order valence-electron chi connectivity index (χ1n) is 7.50. The van der Waals surface area contributed by atoms with Gasteiger partial charge in [0, 0.05) is 29.7 Å². The van der Waals surface area contributed by atoms with Crippen LogP contribution in [0.15, 0.2) is 24.3 Å². The van der Waals surface area contributed by atoms with E-state index < -0.39 is 0 Å². The van der Waals surface area contributed by atoms with E-state index in [1.165, 1.54) is 19.4 Å². The third-order valence-electron chi connectivity index (χ3n) is 4.19. The Labute approximate surface area is 134 Å². The van der Waals surface area contributed by atoms with Gasteiger partial charge in [0.25, 0.3) is 5.91 Å². The lowest BCUT2D eigenvalue weighted by Crippen LogP contribution is -2.36. The molecule has 0 N–H and O–H groups in total. The number of benzene rings is 1. The van der Waals surface area contributed by atoms with Crippen molar-refractivity contribution in [3.05, 3.63) is 33.4 Å². The van der Waals surface area contributed by atoms with Crippen molar-refractivity contribution in [1.29, 1.82) is 0 Å². The Morgan fingerprint density at radius 1 is 1.15 bits per heavy atom. The Morgan fingerprint density at radius 2 is 1.95 bits per heavy atom. The molecule has 4 heteroatoms. The molecule has 1 aromatic rings. The van der Waals surface area contributed by atoms with Crippen LogP contribution >= 0.6 is 22.6 Å². The predicted molar refractivity (Wildman–Crippen MR) is 88.8 cm³/mol. The molecule has 0 unspecified atom stereocenters. The average molecular weight is 384 g/mol. The van der Waals surface area contributed by atoms with E-state index in [0.29, 0.717) is 0 Å². The van der Waals surface area contributed by atoms with Crippen LogP contribution in [0.3, 0.4) is 0 Å². The molecule has 1 heterocycles. The van der Waals surface area contributed by atoms with Crippen molar-refractivity contribution in [3.63, 3.8) is 0 Å². The Bertz CT molecular complexity index is 487. The monoisotopic (exact) mass is 384 g/mol. The van der Waals surface area contributed by atoms with Gasteiger partial charge in [0.15, 0.2) is 0 Å². The molecular weight excluding hydrogens is 363 g/mol. The van der Waals surface area contributed by atoms with Gasteiger partial charge in [-0.25, -0.2) is 0 Å². The largest absolute Gasteiger partial charge is 0.337 e. The molecule has 1 saturated carbocycles. The van der Waals surface area contributed by atoms with Gasteiger partial charge in [-0.15, -0.1) is 0 Å². The maximum atomic E-state index is 12.6. The second-order valence-electron chi connectivity index (χ2n) is 5.87. The van der Waals surface area contributed by atoms with Gasteiger partial charge in [0.1, 0.15) is 0 Å². The maximum absolute atomic E-state index is 12.6. The zero-order valence-electron chi connectivity index (χ0n) is 11.7. The summed E-state index contributed by atoms with van der Waals surface area (Å²) < 4.78 is 1.05. The summed E-state index contributed by atoms with van der Waals surface area (Å²) in [5, 5.41) is 0. The molecule has 2 fully saturated rings. The summed E-state index contributed by atoms with van der Waals surface area (Å²) in [5.74, 6) is 1.13. The molecule has 0 radical (unpaired) electrons. The van der Waals surface area contributed by atoms with Crippen LogP contribution in [0.4, 0.5) is 0 Å². The molecule has 0 bridgehead atoms. The van der Waals surface area contributed by atoms with Crippen LogP contribution in [0.1, 0.15) is 29.6 Å². The van der Waals surface area contributed by atoms with Gasteiger partial charge in [0.05, 0.1) is 5.56 Å². The maximum Gasteiger partial charge on any atom is 0.254 e. The number of carbonyl (C=O) groups is 1. The Balaban J connectivity index is 1.62. The molecule has 3 nitrogen and oxygen atoms in total. The fourth-order valence-corrected chi connectivity index (χ4v) is 3.45. The smallest absolute Gasteiger partial charge is 0.254 e. The Hall–Kier alpha value is -0.620. The Morgan fingerprint density at radius 3 is 2.70 bits per heavy atom. The highest BCUT2D eigenvalue weighted by Gasteiger charge is 2.26. The zero-order valence-corrected chi connectivity index (χ0v) is 13.9. The van der Waals surface area contributed by atoms with Crippen molar-refractivity contribution in [2.75, 3.05) is 32.7 Å². The lowest BCUT2D eigenvalue weighted by atomic mass is 10.2. The molecule has 1 amide bonds. The van der Waals surface area contributed by atoms with Gasteiger partial charge in [-0.2, -0.15) is 0 Å². The van der Waals surface area contributed by atoms with E-state index in [9.17, 15) is 4.79 Å². The summed E-state index contributed by atoms with van der Waals surface area (Å²) in [6.45, 7) is 5.18. The fourth-order valence-electron chi connectivity index (χ4n) is 2.83. The summed E-state index contributed by atoms with van der Waals surface area (Å²) in [5.41, 5.74) is 0.851. The van der Waals surface area contributed by atoms with Crippen molar-refractivity contribution in [1.82, 2.24) is 9.80 Å². The molecule has 1 saturated heterocycles. The van der Waals surface area contributed by atoms with Crippen LogP contribution in [-0.4, -0.2) is 48.4 Å². The first kappa shape index (κ1) is 14.3. The van der Waals surface area contributed by atoms with Crippen molar-refractivity contribution in [2.24, 2.45) is 5.92 Å². The molecule has 3 rings (SSSR count). The van der Waals surface area contributed by atoms with E-state index in [-0.39, 0.29) is 5.91 Å². The lowest BCUT2D eigenvalue weighted by Gasteiger charge is -2.22. The third kappa shape index (κ3) is 3.52. The van der Waals surface area contributed by atoms with Crippen molar-refractivity contribution < 1.29 is 4.79 Å². The second kappa shape index (κ2) is 6.43. The molecule has 1 aromatic carbocycles. The Kier molecular flexibility index (Phi) is 4.61. The summed E-state index contributed by atoms with van der Waals surface area (Å²) >= 11 is 2.25. The minimum absolute atomic E-state index is 0.197. The highest BCUT2D eigenvalue weighted by molar-refractivity contribution is 14.1. The third-order valence-corrected chi connectivity index (χ3v) is 5.13. The van der Waals surface area contributed by atoms with Crippen molar-refractivity contribution in [2.45, 2.75) is 19.3 Å². The minimum atomic E-state index is 0.197. The number of hydrogen-bond acceptors (Lipinski definition) is 2. The molecule has 1 aliphatic heterocycles. The molecule has 1 aliphatic carbocycles. The van der Waals surface area contributed by atoms with E-state index in [1.807, 2.05) is 29.2 Å². The number of carbonyl (C=O) groups excluding carboxylic acids is 1. The van der Waals surface area contributed by atoms with Crippen molar-refractivity contribution in [3.8, 4) is 0 Å². The topological polar surface area (TPSA) is 23.6 Å².